The predicted octanol–water partition coefficient (Wildman–Crippen LogP) is 3.92. The maximum absolute atomic E-state index is 12.6. The molecule has 3 nitrogen and oxygen atoms in total. The van der Waals surface area contributed by atoms with Gasteiger partial charge in [-0.05, 0) is 30.7 Å². The van der Waals surface area contributed by atoms with Crippen molar-refractivity contribution in [2.45, 2.75) is 32.6 Å². The van der Waals surface area contributed by atoms with Gasteiger partial charge in [-0.25, -0.2) is 0 Å². The van der Waals surface area contributed by atoms with Crippen LogP contribution in [0.15, 0.2) is 36.5 Å². The summed E-state index contributed by atoms with van der Waals surface area (Å²) < 4.78 is 39.5. The van der Waals surface area contributed by atoms with E-state index in [9.17, 15) is 13.2 Å². The van der Waals surface area contributed by atoms with E-state index in [1.165, 1.54) is 6.07 Å². The molecule has 108 valence electrons. The van der Waals surface area contributed by atoms with Crippen LogP contribution < -0.4 is 5.32 Å². The number of halogens is 3. The molecule has 0 saturated heterocycles. The standard InChI is InChI=1S/C14H16F3N3/c1-2-7-20-8-6-13(19-20)10-18-12-5-3-4-11(9-12)14(15,16)17/h3-6,8-9,18H,2,7,10H2,1H3. The molecule has 0 fully saturated rings. The summed E-state index contributed by atoms with van der Waals surface area (Å²) in [6, 6.07) is 7.01. The Morgan fingerprint density at radius 1 is 1.25 bits per heavy atom. The van der Waals surface area contributed by atoms with Gasteiger partial charge in [-0.15, -0.1) is 0 Å². The Kier molecular flexibility index (Phi) is 4.32. The van der Waals surface area contributed by atoms with Gasteiger partial charge in [0.2, 0.25) is 0 Å². The number of nitrogens with one attached hydrogen (secondary N) is 1. The number of hydrogen-bond acceptors (Lipinski definition) is 2. The van der Waals surface area contributed by atoms with E-state index in [1.54, 1.807) is 6.07 Å². The summed E-state index contributed by atoms with van der Waals surface area (Å²) in [7, 11) is 0. The molecule has 0 unspecified atom stereocenters. The van der Waals surface area contributed by atoms with Crippen LogP contribution in [0.1, 0.15) is 24.6 Å². The van der Waals surface area contributed by atoms with Crippen molar-refractivity contribution in [3.63, 3.8) is 0 Å². The third-order valence-corrected chi connectivity index (χ3v) is 2.81. The zero-order chi connectivity index (χ0) is 14.6. The number of alkyl halides is 3. The first-order valence-corrected chi connectivity index (χ1v) is 6.42. The summed E-state index contributed by atoms with van der Waals surface area (Å²) in [6.45, 7) is 3.30. The van der Waals surface area contributed by atoms with Gasteiger partial charge in [0, 0.05) is 18.4 Å². The Bertz CT molecular complexity index is 561. The Morgan fingerprint density at radius 2 is 2.05 bits per heavy atom. The summed E-state index contributed by atoms with van der Waals surface area (Å²) in [6.07, 6.45) is -1.46. The first-order valence-electron chi connectivity index (χ1n) is 6.42. The first kappa shape index (κ1) is 14.4. The van der Waals surface area contributed by atoms with Crippen LogP contribution in [0.4, 0.5) is 18.9 Å². The Morgan fingerprint density at radius 3 is 2.75 bits per heavy atom. The summed E-state index contributed by atoms with van der Waals surface area (Å²) >= 11 is 0. The summed E-state index contributed by atoms with van der Waals surface area (Å²) in [4.78, 5) is 0. The molecular formula is C14H16F3N3. The zero-order valence-corrected chi connectivity index (χ0v) is 11.1. The van der Waals surface area contributed by atoms with E-state index < -0.39 is 11.7 Å². The monoisotopic (exact) mass is 283 g/mol. The molecule has 1 aromatic carbocycles. The van der Waals surface area contributed by atoms with Gasteiger partial charge in [0.1, 0.15) is 0 Å². The van der Waals surface area contributed by atoms with E-state index in [-0.39, 0.29) is 0 Å². The third-order valence-electron chi connectivity index (χ3n) is 2.81. The lowest BCUT2D eigenvalue weighted by Gasteiger charge is -2.09. The minimum atomic E-state index is -4.32. The highest BCUT2D eigenvalue weighted by Crippen LogP contribution is 2.30. The lowest BCUT2D eigenvalue weighted by Crippen LogP contribution is -2.07. The smallest absolute Gasteiger partial charge is 0.379 e. The van der Waals surface area contributed by atoms with Gasteiger partial charge in [-0.3, -0.25) is 4.68 Å². The van der Waals surface area contributed by atoms with Gasteiger partial charge < -0.3 is 5.32 Å². The molecule has 0 radical (unpaired) electrons. The minimum absolute atomic E-state index is 0.401. The normalized spacial score (nSPS) is 11.6. The number of nitrogens with zero attached hydrogens (tertiary/aromatic N) is 2. The van der Waals surface area contributed by atoms with Crippen LogP contribution in [-0.4, -0.2) is 9.78 Å². The fourth-order valence-corrected chi connectivity index (χ4v) is 1.85. The molecule has 1 heterocycles. The zero-order valence-electron chi connectivity index (χ0n) is 11.1. The van der Waals surface area contributed by atoms with E-state index in [2.05, 4.69) is 17.3 Å². The van der Waals surface area contributed by atoms with Gasteiger partial charge in [-0.1, -0.05) is 13.0 Å². The molecule has 0 saturated carbocycles. The molecule has 6 heteroatoms. The van der Waals surface area contributed by atoms with E-state index >= 15 is 0 Å². The highest BCUT2D eigenvalue weighted by Gasteiger charge is 2.30. The molecule has 0 atom stereocenters. The fraction of sp³-hybridized carbons (Fsp3) is 0.357. The van der Waals surface area contributed by atoms with Crippen molar-refractivity contribution in [2.24, 2.45) is 0 Å². The number of rotatable bonds is 5. The van der Waals surface area contributed by atoms with Crippen molar-refractivity contribution in [3.8, 4) is 0 Å². The van der Waals surface area contributed by atoms with E-state index in [4.69, 9.17) is 0 Å². The molecule has 0 aliphatic rings. The van der Waals surface area contributed by atoms with E-state index in [0.29, 0.717) is 12.2 Å². The molecule has 20 heavy (non-hydrogen) atoms. The van der Waals surface area contributed by atoms with Crippen LogP contribution in [-0.2, 0) is 19.3 Å². The van der Waals surface area contributed by atoms with Gasteiger partial charge in [0.05, 0.1) is 17.8 Å². The Hall–Kier alpha value is -1.98. The minimum Gasteiger partial charge on any atom is -0.379 e. The Balaban J connectivity index is 1.99. The van der Waals surface area contributed by atoms with Gasteiger partial charge in [0.15, 0.2) is 0 Å². The number of hydrogen-bond donors (Lipinski definition) is 1. The number of benzene rings is 1. The van der Waals surface area contributed by atoms with Crippen LogP contribution in [0.25, 0.3) is 0 Å². The van der Waals surface area contributed by atoms with E-state index in [1.807, 2.05) is 16.9 Å². The highest BCUT2D eigenvalue weighted by atomic mass is 19.4. The Labute approximate surface area is 115 Å². The van der Waals surface area contributed by atoms with Crippen LogP contribution in [0, 0.1) is 0 Å². The predicted molar refractivity (Wildman–Crippen MR) is 71.3 cm³/mol. The largest absolute Gasteiger partial charge is 0.416 e. The number of aromatic nitrogens is 2. The molecule has 2 aromatic rings. The van der Waals surface area contributed by atoms with Crippen molar-refractivity contribution in [2.75, 3.05) is 5.32 Å². The van der Waals surface area contributed by atoms with Crippen molar-refractivity contribution < 1.29 is 13.2 Å². The van der Waals surface area contributed by atoms with Crippen molar-refractivity contribution in [1.29, 1.82) is 0 Å². The van der Waals surface area contributed by atoms with Gasteiger partial charge >= 0.3 is 6.18 Å². The van der Waals surface area contributed by atoms with Crippen molar-refractivity contribution in [1.82, 2.24) is 9.78 Å². The van der Waals surface area contributed by atoms with Crippen LogP contribution in [0.5, 0.6) is 0 Å². The van der Waals surface area contributed by atoms with Crippen molar-refractivity contribution in [3.05, 3.63) is 47.8 Å². The van der Waals surface area contributed by atoms with Crippen LogP contribution in [0.2, 0.25) is 0 Å². The topological polar surface area (TPSA) is 29.9 Å². The summed E-state index contributed by atoms with van der Waals surface area (Å²) in [5, 5.41) is 7.27. The molecule has 0 amide bonds. The highest BCUT2D eigenvalue weighted by molar-refractivity contribution is 5.46. The fourth-order valence-electron chi connectivity index (χ4n) is 1.85. The quantitative estimate of drug-likeness (QED) is 0.901. The maximum Gasteiger partial charge on any atom is 0.416 e. The molecule has 0 bridgehead atoms. The second-order valence-electron chi connectivity index (χ2n) is 4.50. The first-order chi connectivity index (χ1) is 9.49. The molecular weight excluding hydrogens is 267 g/mol. The SMILES string of the molecule is CCCn1ccc(CNc2cccc(C(F)(F)F)c2)n1. The molecule has 1 aromatic heterocycles. The lowest BCUT2D eigenvalue weighted by molar-refractivity contribution is -0.137. The number of aryl methyl sites for hydroxylation is 1. The van der Waals surface area contributed by atoms with Crippen molar-refractivity contribution >= 4 is 5.69 Å². The van der Waals surface area contributed by atoms with Crippen LogP contribution in [0.3, 0.4) is 0 Å². The summed E-state index contributed by atoms with van der Waals surface area (Å²) in [5.74, 6) is 0. The molecule has 0 aliphatic heterocycles. The average Bonchev–Trinajstić information content (AvgIpc) is 2.84. The third kappa shape index (κ3) is 3.76. The second kappa shape index (κ2) is 5.98. The van der Waals surface area contributed by atoms with Gasteiger partial charge in [0.25, 0.3) is 0 Å². The molecule has 2 rings (SSSR count). The molecule has 0 spiro atoms. The maximum atomic E-state index is 12.6. The van der Waals surface area contributed by atoms with Gasteiger partial charge in [-0.2, -0.15) is 18.3 Å². The van der Waals surface area contributed by atoms with E-state index in [0.717, 1.165) is 30.8 Å². The second-order valence-corrected chi connectivity index (χ2v) is 4.50. The molecule has 0 aliphatic carbocycles. The molecule has 1 N–H and O–H groups in total. The average molecular weight is 283 g/mol. The number of anilines is 1. The lowest BCUT2D eigenvalue weighted by atomic mass is 10.2. The summed E-state index contributed by atoms with van der Waals surface area (Å²) in [5.41, 5.74) is 0.583. The van der Waals surface area contributed by atoms with Crippen LogP contribution >= 0.6 is 0 Å².